The van der Waals surface area contributed by atoms with E-state index in [2.05, 4.69) is 15.5 Å². The number of hydrogen-bond donors (Lipinski definition) is 2. The molecule has 2 aliphatic rings. The van der Waals surface area contributed by atoms with Crippen molar-refractivity contribution < 1.29 is 9.53 Å². The molecule has 2 N–H and O–H groups in total. The van der Waals surface area contributed by atoms with E-state index in [-0.39, 0.29) is 30.0 Å². The minimum absolute atomic E-state index is 0. The van der Waals surface area contributed by atoms with Crippen molar-refractivity contribution in [3.8, 4) is 0 Å². The molecule has 0 spiro atoms. The van der Waals surface area contributed by atoms with E-state index in [4.69, 9.17) is 4.74 Å². The number of morpholine rings is 1. The zero-order chi connectivity index (χ0) is 14.3. The van der Waals surface area contributed by atoms with Crippen LogP contribution in [0.2, 0.25) is 0 Å². The van der Waals surface area contributed by atoms with Crippen molar-refractivity contribution >= 4 is 18.3 Å². The van der Waals surface area contributed by atoms with Gasteiger partial charge in [0.1, 0.15) is 0 Å². The Morgan fingerprint density at radius 2 is 2.24 bits per heavy atom. The number of amides is 1. The number of nitrogens with one attached hydrogen (secondary N) is 2. The summed E-state index contributed by atoms with van der Waals surface area (Å²) in [7, 11) is 0. The van der Waals surface area contributed by atoms with Crippen LogP contribution in [0.15, 0.2) is 0 Å². The van der Waals surface area contributed by atoms with Gasteiger partial charge in [-0.3, -0.25) is 9.89 Å². The van der Waals surface area contributed by atoms with Crippen LogP contribution < -0.4 is 5.32 Å². The van der Waals surface area contributed by atoms with Crippen LogP contribution in [0.5, 0.6) is 0 Å². The molecule has 0 bridgehead atoms. The third kappa shape index (κ3) is 3.22. The maximum Gasteiger partial charge on any atom is 0.274 e. The Bertz CT molecular complexity index is 529. The Morgan fingerprint density at radius 3 is 2.95 bits per heavy atom. The molecule has 0 aliphatic carbocycles. The van der Waals surface area contributed by atoms with E-state index in [1.807, 2.05) is 25.7 Å². The van der Waals surface area contributed by atoms with Gasteiger partial charge < -0.3 is 15.0 Å². The third-order valence-corrected chi connectivity index (χ3v) is 3.87. The van der Waals surface area contributed by atoms with Crippen molar-refractivity contribution in [3.05, 3.63) is 17.0 Å². The van der Waals surface area contributed by atoms with Gasteiger partial charge in [0.15, 0.2) is 5.69 Å². The summed E-state index contributed by atoms with van der Waals surface area (Å²) in [6, 6.07) is 0. The maximum absolute atomic E-state index is 12.7. The van der Waals surface area contributed by atoms with Crippen LogP contribution in [-0.4, -0.2) is 52.3 Å². The summed E-state index contributed by atoms with van der Waals surface area (Å²) in [5.41, 5.74) is 2.38. The summed E-state index contributed by atoms with van der Waals surface area (Å²) in [6.07, 6.45) is 0.955. The number of halogens is 1. The average molecular weight is 315 g/mol. The summed E-state index contributed by atoms with van der Waals surface area (Å²) < 4.78 is 5.85. The van der Waals surface area contributed by atoms with Crippen LogP contribution in [0, 0.1) is 0 Å². The molecule has 0 radical (unpaired) electrons. The van der Waals surface area contributed by atoms with Gasteiger partial charge in [-0.2, -0.15) is 5.10 Å². The first-order valence-electron chi connectivity index (χ1n) is 7.20. The van der Waals surface area contributed by atoms with Crippen molar-refractivity contribution in [2.24, 2.45) is 0 Å². The molecule has 2 aliphatic heterocycles. The highest BCUT2D eigenvalue weighted by Crippen LogP contribution is 2.24. The standard InChI is InChI=1S/C14H22N4O2.ClH/c1-9-7-18(8-14(2,3)20-9)13(19)12-10-6-15-5-4-11(10)16-17-12;/h9,15H,4-8H2,1-3H3,(H,16,17);1H. The predicted octanol–water partition coefficient (Wildman–Crippen LogP) is 1.12. The van der Waals surface area contributed by atoms with Crippen LogP contribution in [0.25, 0.3) is 0 Å². The summed E-state index contributed by atoms with van der Waals surface area (Å²) in [6.45, 7) is 8.92. The summed E-state index contributed by atoms with van der Waals surface area (Å²) in [5, 5.41) is 10.6. The first-order valence-corrected chi connectivity index (χ1v) is 7.20. The van der Waals surface area contributed by atoms with Gasteiger partial charge in [0.05, 0.1) is 11.7 Å². The van der Waals surface area contributed by atoms with Crippen molar-refractivity contribution in [3.63, 3.8) is 0 Å². The minimum atomic E-state index is -0.304. The second-order valence-corrected chi connectivity index (χ2v) is 6.33. The third-order valence-electron chi connectivity index (χ3n) is 3.87. The lowest BCUT2D eigenvalue weighted by Crippen LogP contribution is -2.54. The van der Waals surface area contributed by atoms with Crippen LogP contribution >= 0.6 is 12.4 Å². The average Bonchev–Trinajstić information content (AvgIpc) is 2.79. The van der Waals surface area contributed by atoms with Gasteiger partial charge >= 0.3 is 0 Å². The number of aromatic nitrogens is 2. The second kappa shape index (κ2) is 5.94. The molecule has 118 valence electrons. The number of H-pyrrole nitrogens is 1. The largest absolute Gasteiger partial charge is 0.369 e. The molecule has 1 amide bonds. The Morgan fingerprint density at radius 1 is 1.48 bits per heavy atom. The highest BCUT2D eigenvalue weighted by atomic mass is 35.5. The van der Waals surface area contributed by atoms with Crippen LogP contribution in [-0.2, 0) is 17.7 Å². The molecule has 0 saturated carbocycles. The molecule has 3 rings (SSSR count). The lowest BCUT2D eigenvalue weighted by molar-refractivity contribution is -0.119. The second-order valence-electron chi connectivity index (χ2n) is 6.33. The number of rotatable bonds is 1. The van der Waals surface area contributed by atoms with E-state index in [1.165, 1.54) is 0 Å². The van der Waals surface area contributed by atoms with E-state index >= 15 is 0 Å². The predicted molar refractivity (Wildman–Crippen MR) is 81.8 cm³/mol. The Kier molecular flexibility index (Phi) is 4.60. The molecule has 1 saturated heterocycles. The van der Waals surface area contributed by atoms with Crippen LogP contribution in [0.3, 0.4) is 0 Å². The molecule has 1 aromatic heterocycles. The van der Waals surface area contributed by atoms with Crippen molar-refractivity contribution in [1.82, 2.24) is 20.4 Å². The summed E-state index contributed by atoms with van der Waals surface area (Å²) >= 11 is 0. The molecule has 6 nitrogen and oxygen atoms in total. The molecular weight excluding hydrogens is 292 g/mol. The fourth-order valence-electron chi connectivity index (χ4n) is 3.16. The Hall–Kier alpha value is -1.11. The number of ether oxygens (including phenoxy) is 1. The van der Waals surface area contributed by atoms with Crippen molar-refractivity contribution in [1.29, 1.82) is 0 Å². The summed E-state index contributed by atoms with van der Waals surface area (Å²) in [5.74, 6) is 0.00873. The van der Waals surface area contributed by atoms with E-state index in [1.54, 1.807) is 0 Å². The van der Waals surface area contributed by atoms with Gasteiger partial charge in [-0.15, -0.1) is 12.4 Å². The number of hydrogen-bond acceptors (Lipinski definition) is 4. The lowest BCUT2D eigenvalue weighted by Gasteiger charge is -2.41. The smallest absolute Gasteiger partial charge is 0.274 e. The van der Waals surface area contributed by atoms with Crippen molar-refractivity contribution in [2.75, 3.05) is 19.6 Å². The molecule has 1 fully saturated rings. The Labute approximate surface area is 131 Å². The van der Waals surface area contributed by atoms with Crippen LogP contribution in [0.1, 0.15) is 42.5 Å². The molecular formula is C14H23ClN4O2. The van der Waals surface area contributed by atoms with E-state index in [9.17, 15) is 4.79 Å². The van der Waals surface area contributed by atoms with Gasteiger partial charge in [-0.1, -0.05) is 0 Å². The Balaban J connectivity index is 0.00000161. The fourth-order valence-corrected chi connectivity index (χ4v) is 3.16. The summed E-state index contributed by atoms with van der Waals surface area (Å²) in [4.78, 5) is 14.6. The SMILES string of the molecule is CC1CN(C(=O)c2n[nH]c3c2CNCC3)CC(C)(C)O1.Cl. The number of fused-ring (bicyclic) bond motifs is 1. The van der Waals surface area contributed by atoms with Gasteiger partial charge in [0, 0.05) is 43.9 Å². The molecule has 1 aromatic rings. The number of aromatic amines is 1. The van der Waals surface area contributed by atoms with Gasteiger partial charge in [0.25, 0.3) is 5.91 Å². The topological polar surface area (TPSA) is 70.2 Å². The number of nitrogens with zero attached hydrogens (tertiary/aromatic N) is 2. The molecule has 0 aromatic carbocycles. The fraction of sp³-hybridized carbons (Fsp3) is 0.714. The maximum atomic E-state index is 12.7. The zero-order valence-corrected chi connectivity index (χ0v) is 13.5. The van der Waals surface area contributed by atoms with Gasteiger partial charge in [0.2, 0.25) is 0 Å². The molecule has 1 atom stereocenters. The minimum Gasteiger partial charge on any atom is -0.369 e. The quantitative estimate of drug-likeness (QED) is 0.815. The highest BCUT2D eigenvalue weighted by Gasteiger charge is 2.36. The van der Waals surface area contributed by atoms with E-state index in [0.29, 0.717) is 18.8 Å². The monoisotopic (exact) mass is 314 g/mol. The molecule has 21 heavy (non-hydrogen) atoms. The first-order chi connectivity index (χ1) is 9.46. The lowest BCUT2D eigenvalue weighted by atomic mass is 10.0. The zero-order valence-electron chi connectivity index (χ0n) is 12.7. The molecule has 1 unspecified atom stereocenters. The van der Waals surface area contributed by atoms with Gasteiger partial charge in [-0.05, 0) is 20.8 Å². The number of carbonyl (C=O) groups is 1. The van der Waals surface area contributed by atoms with E-state index < -0.39 is 0 Å². The first kappa shape index (κ1) is 16.3. The highest BCUT2D eigenvalue weighted by molar-refractivity contribution is 5.94. The molecule has 3 heterocycles. The van der Waals surface area contributed by atoms with Crippen LogP contribution in [0.4, 0.5) is 0 Å². The molecule has 7 heteroatoms. The van der Waals surface area contributed by atoms with Gasteiger partial charge in [-0.25, -0.2) is 0 Å². The number of carbonyl (C=O) groups excluding carboxylic acids is 1. The van der Waals surface area contributed by atoms with E-state index in [0.717, 1.165) is 30.8 Å². The van der Waals surface area contributed by atoms with Crippen molar-refractivity contribution in [2.45, 2.75) is 45.4 Å². The normalized spacial score (nSPS) is 24.1.